The Morgan fingerprint density at radius 2 is 2.09 bits per heavy atom. The predicted octanol–water partition coefficient (Wildman–Crippen LogP) is 2.41. The van der Waals surface area contributed by atoms with Crippen LogP contribution in [0.4, 0.5) is 17.5 Å². The number of aliphatic hydroxyl groups is 1. The molecule has 0 spiro atoms. The third kappa shape index (κ3) is 5.29. The van der Waals surface area contributed by atoms with Crippen LogP contribution in [0.15, 0.2) is 42.9 Å². The van der Waals surface area contributed by atoms with Crippen molar-refractivity contribution < 1.29 is 14.6 Å². The molecule has 0 aliphatic rings. The monoisotopic (exact) mass is 437 g/mol. The van der Waals surface area contributed by atoms with Gasteiger partial charge >= 0.3 is 0 Å². The number of nitrogens with zero attached hydrogens (tertiary/aromatic N) is 3. The molecule has 10 nitrogen and oxygen atoms in total. The second kappa shape index (κ2) is 11.0. The minimum Gasteiger partial charge on any atom is -0.495 e. The van der Waals surface area contributed by atoms with Crippen molar-refractivity contribution in [2.75, 3.05) is 45.1 Å². The van der Waals surface area contributed by atoms with Gasteiger partial charge in [-0.3, -0.25) is 0 Å². The van der Waals surface area contributed by atoms with Crippen molar-refractivity contribution in [2.45, 2.75) is 6.04 Å². The number of allylic oxidation sites excluding steroid dienone is 1. The van der Waals surface area contributed by atoms with E-state index in [1.807, 2.05) is 24.3 Å². The van der Waals surface area contributed by atoms with E-state index in [4.69, 9.17) is 14.9 Å². The molecule has 3 rings (SSSR count). The molecule has 168 valence electrons. The van der Waals surface area contributed by atoms with E-state index in [1.54, 1.807) is 39.9 Å². The van der Waals surface area contributed by atoms with Gasteiger partial charge < -0.3 is 35.9 Å². The molecule has 1 unspecified atom stereocenters. The Morgan fingerprint density at radius 3 is 2.78 bits per heavy atom. The summed E-state index contributed by atoms with van der Waals surface area (Å²) in [6.45, 7) is 0.222. The van der Waals surface area contributed by atoms with Gasteiger partial charge in [0.1, 0.15) is 11.3 Å². The summed E-state index contributed by atoms with van der Waals surface area (Å²) in [5.74, 6) is 1.48. The fourth-order valence-corrected chi connectivity index (χ4v) is 3.11. The summed E-state index contributed by atoms with van der Waals surface area (Å²) in [6.07, 6.45) is 6.37. The van der Waals surface area contributed by atoms with Crippen LogP contribution in [0, 0.1) is 5.41 Å². The molecule has 10 heteroatoms. The van der Waals surface area contributed by atoms with E-state index < -0.39 is 0 Å². The van der Waals surface area contributed by atoms with Crippen LogP contribution >= 0.6 is 0 Å². The molecule has 5 N–H and O–H groups in total. The number of rotatable bonds is 11. The van der Waals surface area contributed by atoms with Gasteiger partial charge in [0.25, 0.3) is 0 Å². The highest BCUT2D eigenvalue weighted by atomic mass is 16.5. The first-order chi connectivity index (χ1) is 15.6. The Balaban J connectivity index is 1.93. The van der Waals surface area contributed by atoms with Crippen molar-refractivity contribution in [1.82, 2.24) is 20.3 Å². The van der Waals surface area contributed by atoms with Crippen LogP contribution in [0.2, 0.25) is 0 Å². The van der Waals surface area contributed by atoms with Crippen molar-refractivity contribution >= 4 is 40.1 Å². The second-order valence-corrected chi connectivity index (χ2v) is 6.84. The molecule has 0 radical (unpaired) electrons. The van der Waals surface area contributed by atoms with Gasteiger partial charge in [0.2, 0.25) is 5.95 Å². The topological polar surface area (TPSA) is 137 Å². The van der Waals surface area contributed by atoms with Gasteiger partial charge in [0, 0.05) is 49.9 Å². The zero-order valence-corrected chi connectivity index (χ0v) is 18.2. The number of aromatic nitrogens is 3. The van der Waals surface area contributed by atoms with Crippen molar-refractivity contribution in [3.63, 3.8) is 0 Å². The van der Waals surface area contributed by atoms with Crippen LogP contribution < -0.4 is 20.7 Å². The first-order valence-corrected chi connectivity index (χ1v) is 9.94. The second-order valence-electron chi connectivity index (χ2n) is 6.84. The highest BCUT2D eigenvalue weighted by Gasteiger charge is 2.13. The Labute approximate surface area is 186 Å². The number of methoxy groups -OCH3 is 2. The highest BCUT2D eigenvalue weighted by Crippen LogP contribution is 2.30. The number of pyridine rings is 1. The van der Waals surface area contributed by atoms with E-state index in [9.17, 15) is 5.11 Å². The van der Waals surface area contributed by atoms with Gasteiger partial charge in [-0.05, 0) is 23.8 Å². The number of anilines is 3. The summed E-state index contributed by atoms with van der Waals surface area (Å²) in [5, 5.41) is 27.2. The van der Waals surface area contributed by atoms with Gasteiger partial charge in [-0.25, -0.2) is 15.0 Å². The average molecular weight is 438 g/mol. The molecule has 0 bridgehead atoms. The van der Waals surface area contributed by atoms with Crippen molar-refractivity contribution in [3.8, 4) is 5.75 Å². The molecular formula is C22H27N7O3. The SMILES string of the molecule is CN/C=C(\C=N)c1ccc(Nc2ncc3ccnc(NC(CO)COC)c3n2)c(OC)c1. The first kappa shape index (κ1) is 22.9. The molecule has 2 heterocycles. The fraction of sp³-hybridized carbons (Fsp3) is 0.273. The minimum absolute atomic E-state index is 0.106. The predicted molar refractivity (Wildman–Crippen MR) is 126 cm³/mol. The van der Waals surface area contributed by atoms with Gasteiger partial charge in [-0.2, -0.15) is 0 Å². The van der Waals surface area contributed by atoms with Crippen molar-refractivity contribution in [2.24, 2.45) is 0 Å². The third-order valence-corrected chi connectivity index (χ3v) is 4.66. The van der Waals surface area contributed by atoms with Gasteiger partial charge in [-0.1, -0.05) is 6.07 Å². The lowest BCUT2D eigenvalue weighted by Crippen LogP contribution is -2.29. The van der Waals surface area contributed by atoms with Crippen LogP contribution in [-0.4, -0.2) is 66.8 Å². The largest absolute Gasteiger partial charge is 0.495 e. The molecule has 0 amide bonds. The zero-order chi connectivity index (χ0) is 22.9. The molecule has 1 aromatic carbocycles. The van der Waals surface area contributed by atoms with Crippen molar-refractivity contribution in [1.29, 1.82) is 5.41 Å². The molecule has 2 aromatic heterocycles. The lowest BCUT2D eigenvalue weighted by atomic mass is 10.1. The quantitative estimate of drug-likeness (QED) is 0.286. The van der Waals surface area contributed by atoms with E-state index in [2.05, 4.69) is 30.9 Å². The standard InChI is InChI=1S/C22H27N7O3/c1-24-10-16(9-23)14-4-5-18(19(8-14)32-3)28-22-26-11-15-6-7-25-21(20(15)29-22)27-17(12-30)13-31-2/h4-11,17,23-24,30H,12-13H2,1-3H3,(H,25,27)(H,26,28,29)/b16-10+,23-9?. The maximum absolute atomic E-state index is 9.56. The number of benzene rings is 1. The number of fused-ring (bicyclic) bond motifs is 1. The smallest absolute Gasteiger partial charge is 0.227 e. The Kier molecular flexibility index (Phi) is 7.90. The molecule has 0 fully saturated rings. The van der Waals surface area contributed by atoms with Gasteiger partial charge in [0.15, 0.2) is 5.82 Å². The summed E-state index contributed by atoms with van der Waals surface area (Å²) in [7, 11) is 4.93. The zero-order valence-electron chi connectivity index (χ0n) is 18.2. The summed E-state index contributed by atoms with van der Waals surface area (Å²) < 4.78 is 10.7. The number of ether oxygens (including phenoxy) is 2. The van der Waals surface area contributed by atoms with Crippen LogP contribution in [-0.2, 0) is 4.74 Å². The molecule has 32 heavy (non-hydrogen) atoms. The van der Waals surface area contributed by atoms with Crippen LogP contribution in [0.1, 0.15) is 5.56 Å². The fourth-order valence-electron chi connectivity index (χ4n) is 3.11. The number of nitrogens with one attached hydrogen (secondary N) is 4. The summed E-state index contributed by atoms with van der Waals surface area (Å²) in [6, 6.07) is 7.06. The van der Waals surface area contributed by atoms with E-state index in [1.165, 1.54) is 6.21 Å². The van der Waals surface area contributed by atoms with E-state index in [0.717, 1.165) is 16.5 Å². The highest BCUT2D eigenvalue weighted by molar-refractivity contribution is 6.08. The van der Waals surface area contributed by atoms with E-state index in [-0.39, 0.29) is 12.6 Å². The van der Waals surface area contributed by atoms with E-state index >= 15 is 0 Å². The lowest BCUT2D eigenvalue weighted by Gasteiger charge is -2.17. The maximum Gasteiger partial charge on any atom is 0.227 e. The molecular weight excluding hydrogens is 410 g/mol. The van der Waals surface area contributed by atoms with Gasteiger partial charge in [-0.15, -0.1) is 0 Å². The Hall–Kier alpha value is -3.76. The lowest BCUT2D eigenvalue weighted by molar-refractivity contribution is 0.153. The molecule has 3 aromatic rings. The Morgan fingerprint density at radius 1 is 1.25 bits per heavy atom. The normalized spacial score (nSPS) is 12.3. The maximum atomic E-state index is 9.56. The van der Waals surface area contributed by atoms with Crippen LogP contribution in [0.3, 0.4) is 0 Å². The number of hydrogen-bond acceptors (Lipinski definition) is 10. The molecule has 1 atom stereocenters. The van der Waals surface area contributed by atoms with E-state index in [0.29, 0.717) is 35.3 Å². The third-order valence-electron chi connectivity index (χ3n) is 4.66. The van der Waals surface area contributed by atoms with Crippen LogP contribution in [0.25, 0.3) is 16.5 Å². The van der Waals surface area contributed by atoms with Crippen LogP contribution in [0.5, 0.6) is 5.75 Å². The minimum atomic E-state index is -0.314. The molecule has 0 aliphatic carbocycles. The summed E-state index contributed by atoms with van der Waals surface area (Å²) in [5.41, 5.74) is 2.84. The number of aliphatic hydroxyl groups excluding tert-OH is 1. The van der Waals surface area contributed by atoms with Crippen molar-refractivity contribution in [3.05, 3.63) is 48.4 Å². The molecule has 0 saturated carbocycles. The number of hydrogen-bond donors (Lipinski definition) is 5. The van der Waals surface area contributed by atoms with Gasteiger partial charge in [0.05, 0.1) is 32.1 Å². The summed E-state index contributed by atoms with van der Waals surface area (Å²) in [4.78, 5) is 13.4. The summed E-state index contributed by atoms with van der Waals surface area (Å²) >= 11 is 0. The Bertz CT molecular complexity index is 1100. The molecule has 0 saturated heterocycles. The first-order valence-electron chi connectivity index (χ1n) is 9.94. The average Bonchev–Trinajstić information content (AvgIpc) is 2.82. The molecule has 0 aliphatic heterocycles.